The molecule has 0 radical (unpaired) electrons. The molecule has 0 spiro atoms. The fourth-order valence-electron chi connectivity index (χ4n) is 3.94. The normalized spacial score (nSPS) is 10.7. The van der Waals surface area contributed by atoms with Crippen molar-refractivity contribution in [3.63, 3.8) is 0 Å². The highest BCUT2D eigenvalue weighted by Crippen LogP contribution is 2.36. The van der Waals surface area contributed by atoms with E-state index in [9.17, 15) is 4.79 Å². The summed E-state index contributed by atoms with van der Waals surface area (Å²) < 4.78 is 7.14. The number of hydrogen-bond donors (Lipinski definition) is 0. The second-order valence-electron chi connectivity index (χ2n) is 7.61. The summed E-state index contributed by atoms with van der Waals surface area (Å²) in [5.41, 5.74) is 5.27. The Morgan fingerprint density at radius 1 is 0.697 bits per heavy atom. The fourth-order valence-corrected chi connectivity index (χ4v) is 3.94. The zero-order valence-electron chi connectivity index (χ0n) is 18.2. The molecule has 1 heterocycles. The van der Waals surface area contributed by atoms with Gasteiger partial charge in [0.1, 0.15) is 11.4 Å². The van der Waals surface area contributed by atoms with Crippen LogP contribution in [0.5, 0.6) is 5.75 Å². The van der Waals surface area contributed by atoms with Crippen molar-refractivity contribution in [2.75, 3.05) is 7.11 Å². The van der Waals surface area contributed by atoms with Gasteiger partial charge in [-0.3, -0.25) is 4.79 Å². The number of carbonyl (C=O) groups is 1. The van der Waals surface area contributed by atoms with Crippen molar-refractivity contribution in [3.05, 3.63) is 126 Å². The van der Waals surface area contributed by atoms with E-state index in [0.717, 1.165) is 22.5 Å². The maximum atomic E-state index is 14.0. The lowest BCUT2D eigenvalue weighted by Crippen LogP contribution is -2.05. The van der Waals surface area contributed by atoms with Gasteiger partial charge in [0.05, 0.1) is 24.1 Å². The van der Waals surface area contributed by atoms with Crippen molar-refractivity contribution >= 4 is 5.78 Å². The van der Waals surface area contributed by atoms with Crippen molar-refractivity contribution in [2.24, 2.45) is 0 Å². The maximum absolute atomic E-state index is 14.0. The van der Waals surface area contributed by atoms with Gasteiger partial charge in [0.25, 0.3) is 0 Å². The molecule has 160 valence electrons. The lowest BCUT2D eigenvalue weighted by atomic mass is 9.95. The van der Waals surface area contributed by atoms with Crippen molar-refractivity contribution in [1.82, 2.24) is 9.78 Å². The van der Waals surface area contributed by atoms with Crippen LogP contribution >= 0.6 is 0 Å². The molecule has 0 fully saturated rings. The van der Waals surface area contributed by atoms with Gasteiger partial charge in [-0.2, -0.15) is 5.10 Å². The molecular formula is C29H22N2O2. The Hall–Kier alpha value is -4.44. The van der Waals surface area contributed by atoms with E-state index < -0.39 is 0 Å². The van der Waals surface area contributed by atoms with Crippen LogP contribution in [0.25, 0.3) is 28.2 Å². The van der Waals surface area contributed by atoms with E-state index in [1.807, 2.05) is 95.7 Å². The minimum Gasteiger partial charge on any atom is -0.497 e. The van der Waals surface area contributed by atoms with E-state index in [0.29, 0.717) is 22.6 Å². The van der Waals surface area contributed by atoms with Crippen LogP contribution in [0, 0.1) is 0 Å². The highest BCUT2D eigenvalue weighted by Gasteiger charge is 2.27. The summed E-state index contributed by atoms with van der Waals surface area (Å²) in [6.07, 6.45) is 0. The third-order valence-corrected chi connectivity index (χ3v) is 5.56. The van der Waals surface area contributed by atoms with Crippen molar-refractivity contribution in [3.8, 4) is 34.0 Å². The Labute approximate surface area is 192 Å². The summed E-state index contributed by atoms with van der Waals surface area (Å²) in [5.74, 6) is 0.621. The Morgan fingerprint density at radius 2 is 1.24 bits per heavy atom. The second kappa shape index (κ2) is 8.97. The Kier molecular flexibility index (Phi) is 5.56. The highest BCUT2D eigenvalue weighted by molar-refractivity contribution is 6.16. The predicted octanol–water partition coefficient (Wildman–Crippen LogP) is 6.45. The van der Waals surface area contributed by atoms with Gasteiger partial charge in [-0.25, -0.2) is 4.68 Å². The molecule has 5 aromatic rings. The smallest absolute Gasteiger partial charge is 0.197 e. The van der Waals surface area contributed by atoms with E-state index >= 15 is 0 Å². The van der Waals surface area contributed by atoms with Gasteiger partial charge in [-0.15, -0.1) is 0 Å². The number of methoxy groups -OCH3 is 1. The molecule has 0 aliphatic rings. The zero-order chi connectivity index (χ0) is 22.6. The van der Waals surface area contributed by atoms with Crippen LogP contribution in [0.3, 0.4) is 0 Å². The number of carbonyl (C=O) groups excluding carboxylic acids is 1. The van der Waals surface area contributed by atoms with Gasteiger partial charge < -0.3 is 4.74 Å². The highest BCUT2D eigenvalue weighted by atomic mass is 16.5. The van der Waals surface area contributed by atoms with Crippen LogP contribution in [0.1, 0.15) is 15.9 Å². The lowest BCUT2D eigenvalue weighted by Gasteiger charge is -2.10. The molecule has 4 aromatic carbocycles. The summed E-state index contributed by atoms with van der Waals surface area (Å²) in [6, 6.07) is 36.9. The molecule has 5 rings (SSSR count). The number of para-hydroxylation sites is 1. The first kappa shape index (κ1) is 20.5. The molecule has 0 saturated carbocycles. The maximum Gasteiger partial charge on any atom is 0.197 e. The summed E-state index contributed by atoms with van der Waals surface area (Å²) in [5, 5.41) is 4.98. The number of ketones is 1. The molecule has 4 heteroatoms. The van der Waals surface area contributed by atoms with Crippen molar-refractivity contribution < 1.29 is 9.53 Å². The van der Waals surface area contributed by atoms with Crippen molar-refractivity contribution in [1.29, 1.82) is 0 Å². The Bertz CT molecular complexity index is 1370. The molecule has 0 bridgehead atoms. The van der Waals surface area contributed by atoms with Crippen LogP contribution in [0.4, 0.5) is 0 Å². The zero-order valence-corrected chi connectivity index (χ0v) is 18.2. The number of rotatable bonds is 6. The predicted molar refractivity (Wildman–Crippen MR) is 131 cm³/mol. The summed E-state index contributed by atoms with van der Waals surface area (Å²) in [4.78, 5) is 14.0. The van der Waals surface area contributed by atoms with Crippen LogP contribution in [-0.4, -0.2) is 22.7 Å². The topological polar surface area (TPSA) is 44.1 Å². The molecule has 4 nitrogen and oxygen atoms in total. The van der Waals surface area contributed by atoms with Gasteiger partial charge >= 0.3 is 0 Å². The molecule has 0 atom stereocenters. The minimum absolute atomic E-state index is 0.0856. The third-order valence-electron chi connectivity index (χ3n) is 5.56. The van der Waals surface area contributed by atoms with Gasteiger partial charge in [0.15, 0.2) is 5.78 Å². The lowest BCUT2D eigenvalue weighted by molar-refractivity contribution is 0.104. The van der Waals surface area contributed by atoms with Crippen LogP contribution in [-0.2, 0) is 0 Å². The van der Waals surface area contributed by atoms with Crippen LogP contribution in [0.15, 0.2) is 115 Å². The number of benzene rings is 4. The van der Waals surface area contributed by atoms with E-state index in [4.69, 9.17) is 9.84 Å². The van der Waals surface area contributed by atoms with Crippen molar-refractivity contribution in [2.45, 2.75) is 0 Å². The SMILES string of the molecule is COc1ccc(C(=O)c2c(-c3ccccc3)nn(-c3ccccc3)c2-c2ccccc2)cc1. The van der Waals surface area contributed by atoms with Gasteiger partial charge in [-0.05, 0) is 36.4 Å². The quantitative estimate of drug-likeness (QED) is 0.291. The summed E-state index contributed by atoms with van der Waals surface area (Å²) >= 11 is 0. The van der Waals surface area contributed by atoms with Crippen LogP contribution < -0.4 is 4.74 Å². The summed E-state index contributed by atoms with van der Waals surface area (Å²) in [6.45, 7) is 0. The number of ether oxygens (including phenoxy) is 1. The molecule has 1 aromatic heterocycles. The van der Waals surface area contributed by atoms with E-state index in [1.165, 1.54) is 0 Å². The molecule has 0 aliphatic heterocycles. The molecule has 0 N–H and O–H groups in total. The summed E-state index contributed by atoms with van der Waals surface area (Å²) in [7, 11) is 1.61. The average molecular weight is 431 g/mol. The first-order valence-electron chi connectivity index (χ1n) is 10.7. The first-order chi connectivity index (χ1) is 16.3. The number of hydrogen-bond acceptors (Lipinski definition) is 3. The van der Waals surface area contributed by atoms with Gasteiger partial charge in [-0.1, -0.05) is 78.9 Å². The fraction of sp³-hybridized carbons (Fsp3) is 0.0345. The largest absolute Gasteiger partial charge is 0.497 e. The average Bonchev–Trinajstić information content (AvgIpc) is 3.30. The Morgan fingerprint density at radius 3 is 1.82 bits per heavy atom. The molecule has 33 heavy (non-hydrogen) atoms. The number of nitrogens with zero attached hydrogens (tertiary/aromatic N) is 2. The monoisotopic (exact) mass is 430 g/mol. The second-order valence-corrected chi connectivity index (χ2v) is 7.61. The van der Waals surface area contributed by atoms with E-state index in [-0.39, 0.29) is 5.78 Å². The molecule has 0 unspecified atom stereocenters. The van der Waals surface area contributed by atoms with Gasteiger partial charge in [0.2, 0.25) is 0 Å². The van der Waals surface area contributed by atoms with E-state index in [2.05, 4.69) is 0 Å². The standard InChI is InChI=1S/C29H22N2O2/c1-33-25-19-17-23(18-20-25)29(32)26-27(21-11-5-2-6-12-21)30-31(24-15-9-4-10-16-24)28(26)22-13-7-3-8-14-22/h2-20H,1H3. The first-order valence-corrected chi connectivity index (χ1v) is 10.7. The molecular weight excluding hydrogens is 408 g/mol. The van der Waals surface area contributed by atoms with E-state index in [1.54, 1.807) is 31.4 Å². The van der Waals surface area contributed by atoms with Crippen LogP contribution in [0.2, 0.25) is 0 Å². The number of aromatic nitrogens is 2. The van der Waals surface area contributed by atoms with Gasteiger partial charge in [0, 0.05) is 16.7 Å². The Balaban J connectivity index is 1.81. The molecule has 0 amide bonds. The molecule has 0 aliphatic carbocycles. The molecule has 0 saturated heterocycles. The third kappa shape index (κ3) is 3.94. The minimum atomic E-state index is -0.0856.